The van der Waals surface area contributed by atoms with Crippen molar-refractivity contribution >= 4 is 56.4 Å². The van der Waals surface area contributed by atoms with Crippen LogP contribution in [0, 0.1) is 5.92 Å². The van der Waals surface area contributed by atoms with Crippen molar-refractivity contribution in [1.29, 1.82) is 0 Å². The third-order valence-corrected chi connectivity index (χ3v) is 8.93. The second-order valence-electron chi connectivity index (χ2n) is 8.39. The van der Waals surface area contributed by atoms with Crippen LogP contribution in [0.3, 0.4) is 0 Å². The lowest BCUT2D eigenvalue weighted by atomic mass is 9.89. The Morgan fingerprint density at radius 2 is 1.79 bits per heavy atom. The minimum absolute atomic E-state index is 0.0780. The molecule has 0 saturated heterocycles. The molecule has 0 aromatic heterocycles. The van der Waals surface area contributed by atoms with Crippen molar-refractivity contribution in [2.75, 3.05) is 16.2 Å². The average Bonchev–Trinajstić information content (AvgIpc) is 2.80. The minimum atomic E-state index is -4.32. The molecule has 2 aromatic rings. The maximum atomic E-state index is 13.7. The van der Waals surface area contributed by atoms with Crippen LogP contribution < -0.4 is 14.9 Å². The lowest BCUT2D eigenvalue weighted by Crippen LogP contribution is -2.53. The smallest absolute Gasteiger partial charge is 0.266 e. The lowest BCUT2D eigenvalue weighted by Gasteiger charge is -2.37. The fourth-order valence-corrected chi connectivity index (χ4v) is 6.79. The standard InChI is InChI=1S/C23H25Cl2N3O4S/c24-16-9-6-12-20(22(16)25)33(31,32)28-18-11-5-4-10-17(18)27-23(30)19(28)13-21(29)26-14-15-7-2-1-3-8-15/h4-6,9-12,15,19H,1-3,7-8,13-14H2,(H,26,29)(H,27,30)/t19-/m1/s1. The van der Waals surface area contributed by atoms with Gasteiger partial charge in [-0.1, -0.05) is 60.7 Å². The Morgan fingerprint density at radius 3 is 2.55 bits per heavy atom. The minimum Gasteiger partial charge on any atom is -0.356 e. The second kappa shape index (κ2) is 9.91. The van der Waals surface area contributed by atoms with Gasteiger partial charge in [0.25, 0.3) is 10.0 Å². The Kier molecular flexibility index (Phi) is 7.16. The van der Waals surface area contributed by atoms with Gasteiger partial charge in [0.15, 0.2) is 0 Å². The van der Waals surface area contributed by atoms with Crippen LogP contribution in [0.4, 0.5) is 11.4 Å². The molecule has 2 aromatic carbocycles. The zero-order chi connectivity index (χ0) is 23.6. The molecule has 1 aliphatic heterocycles. The number of sulfonamides is 1. The number of carbonyl (C=O) groups excluding carboxylic acids is 2. The maximum absolute atomic E-state index is 13.7. The lowest BCUT2D eigenvalue weighted by molar-refractivity contribution is -0.125. The SMILES string of the molecule is O=C(C[C@@H]1C(=O)Nc2ccccc2N1S(=O)(=O)c1cccc(Cl)c1Cl)NCC1CCCCC1. The van der Waals surface area contributed by atoms with Crippen LogP contribution in [0.2, 0.25) is 10.0 Å². The second-order valence-corrected chi connectivity index (χ2v) is 11.0. The molecule has 0 bridgehead atoms. The predicted molar refractivity (Wildman–Crippen MR) is 129 cm³/mol. The van der Waals surface area contributed by atoms with E-state index in [1.165, 1.54) is 24.6 Å². The summed E-state index contributed by atoms with van der Waals surface area (Å²) in [5.41, 5.74) is 0.598. The van der Waals surface area contributed by atoms with Crippen molar-refractivity contribution < 1.29 is 18.0 Å². The zero-order valence-electron chi connectivity index (χ0n) is 17.9. The van der Waals surface area contributed by atoms with Crippen LogP contribution >= 0.6 is 23.2 Å². The van der Waals surface area contributed by atoms with E-state index in [-0.39, 0.29) is 33.0 Å². The normalized spacial score (nSPS) is 19.0. The summed E-state index contributed by atoms with van der Waals surface area (Å²) in [6.07, 6.45) is 5.31. The highest BCUT2D eigenvalue weighted by Gasteiger charge is 2.42. The summed E-state index contributed by atoms with van der Waals surface area (Å²) in [6, 6.07) is 9.56. The summed E-state index contributed by atoms with van der Waals surface area (Å²) < 4.78 is 28.5. The number of fused-ring (bicyclic) bond motifs is 1. The van der Waals surface area contributed by atoms with Crippen LogP contribution in [-0.4, -0.2) is 32.8 Å². The Bertz CT molecular complexity index is 1170. The first-order valence-electron chi connectivity index (χ1n) is 10.9. The number of benzene rings is 2. The molecule has 33 heavy (non-hydrogen) atoms. The summed E-state index contributed by atoms with van der Waals surface area (Å²) in [4.78, 5) is 25.5. The largest absolute Gasteiger partial charge is 0.356 e. The molecule has 176 valence electrons. The number of amides is 2. The summed E-state index contributed by atoms with van der Waals surface area (Å²) in [5.74, 6) is -0.547. The van der Waals surface area contributed by atoms with E-state index in [0.717, 1.165) is 30.0 Å². The molecule has 2 aliphatic rings. The molecule has 1 heterocycles. The monoisotopic (exact) mass is 509 g/mol. The van der Waals surface area contributed by atoms with Gasteiger partial charge in [-0.3, -0.25) is 13.9 Å². The van der Waals surface area contributed by atoms with Crippen LogP contribution in [0.15, 0.2) is 47.4 Å². The van der Waals surface area contributed by atoms with E-state index in [2.05, 4.69) is 10.6 Å². The molecular weight excluding hydrogens is 485 g/mol. The van der Waals surface area contributed by atoms with Gasteiger partial charge in [-0.15, -0.1) is 0 Å². The Balaban J connectivity index is 1.65. The van der Waals surface area contributed by atoms with Gasteiger partial charge in [-0.05, 0) is 43.0 Å². The van der Waals surface area contributed by atoms with E-state index in [9.17, 15) is 18.0 Å². The fourth-order valence-electron chi connectivity index (χ4n) is 4.42. The summed E-state index contributed by atoms with van der Waals surface area (Å²) in [7, 11) is -4.32. The van der Waals surface area contributed by atoms with Crippen molar-refractivity contribution in [2.45, 2.75) is 49.5 Å². The predicted octanol–water partition coefficient (Wildman–Crippen LogP) is 4.60. The molecule has 1 aliphatic carbocycles. The maximum Gasteiger partial charge on any atom is 0.266 e. The molecule has 2 N–H and O–H groups in total. The van der Waals surface area contributed by atoms with Gasteiger partial charge in [0.05, 0.1) is 27.8 Å². The first-order chi connectivity index (χ1) is 15.8. The van der Waals surface area contributed by atoms with Crippen LogP contribution in [0.1, 0.15) is 38.5 Å². The number of halogens is 2. The third kappa shape index (κ3) is 4.98. The molecular formula is C23H25Cl2N3O4S. The highest BCUT2D eigenvalue weighted by molar-refractivity contribution is 7.93. The molecule has 10 heteroatoms. The average molecular weight is 510 g/mol. The topological polar surface area (TPSA) is 95.6 Å². The summed E-state index contributed by atoms with van der Waals surface area (Å²) in [6.45, 7) is 0.524. The molecule has 4 rings (SSSR count). The fraction of sp³-hybridized carbons (Fsp3) is 0.391. The molecule has 1 atom stereocenters. The van der Waals surface area contributed by atoms with E-state index in [1.54, 1.807) is 24.3 Å². The molecule has 7 nitrogen and oxygen atoms in total. The van der Waals surface area contributed by atoms with E-state index < -0.39 is 22.0 Å². The van der Waals surface area contributed by atoms with Gasteiger partial charge in [-0.2, -0.15) is 0 Å². The molecule has 1 saturated carbocycles. The van der Waals surface area contributed by atoms with Crippen LogP contribution in [0.25, 0.3) is 0 Å². The summed E-state index contributed by atoms with van der Waals surface area (Å²) in [5, 5.41) is 5.55. The summed E-state index contributed by atoms with van der Waals surface area (Å²) >= 11 is 12.3. The van der Waals surface area contributed by atoms with Gasteiger partial charge in [-0.25, -0.2) is 8.42 Å². The van der Waals surface area contributed by atoms with Gasteiger partial charge in [0.1, 0.15) is 10.9 Å². The van der Waals surface area contributed by atoms with Gasteiger partial charge in [0, 0.05) is 6.54 Å². The molecule has 0 spiro atoms. The number of nitrogens with one attached hydrogen (secondary N) is 2. The molecule has 0 unspecified atom stereocenters. The number of carbonyl (C=O) groups is 2. The van der Waals surface area contributed by atoms with Crippen molar-refractivity contribution in [2.24, 2.45) is 5.92 Å². The quantitative estimate of drug-likeness (QED) is 0.594. The number of hydrogen-bond acceptors (Lipinski definition) is 4. The van der Waals surface area contributed by atoms with Crippen LogP contribution in [0.5, 0.6) is 0 Å². The van der Waals surface area contributed by atoms with E-state index in [0.29, 0.717) is 18.2 Å². The van der Waals surface area contributed by atoms with Crippen LogP contribution in [-0.2, 0) is 19.6 Å². The number of anilines is 2. The number of hydrogen-bond donors (Lipinski definition) is 2. The number of nitrogens with zero attached hydrogens (tertiary/aromatic N) is 1. The molecule has 0 radical (unpaired) electrons. The van der Waals surface area contributed by atoms with Gasteiger partial charge >= 0.3 is 0 Å². The van der Waals surface area contributed by atoms with Gasteiger partial charge in [0.2, 0.25) is 11.8 Å². The Morgan fingerprint density at radius 1 is 1.06 bits per heavy atom. The van der Waals surface area contributed by atoms with Crippen molar-refractivity contribution in [3.63, 3.8) is 0 Å². The first-order valence-corrected chi connectivity index (χ1v) is 13.1. The number of rotatable bonds is 6. The molecule has 1 fully saturated rings. The zero-order valence-corrected chi connectivity index (χ0v) is 20.2. The first kappa shape index (κ1) is 23.9. The van der Waals surface area contributed by atoms with E-state index in [4.69, 9.17) is 23.2 Å². The Hall–Kier alpha value is -2.29. The van der Waals surface area contributed by atoms with Crippen molar-refractivity contribution in [1.82, 2.24) is 5.32 Å². The third-order valence-electron chi connectivity index (χ3n) is 6.13. The van der Waals surface area contributed by atoms with Gasteiger partial charge < -0.3 is 10.6 Å². The van der Waals surface area contributed by atoms with Crippen molar-refractivity contribution in [3.8, 4) is 0 Å². The number of para-hydroxylation sites is 2. The highest BCUT2D eigenvalue weighted by atomic mass is 35.5. The highest BCUT2D eigenvalue weighted by Crippen LogP contribution is 2.39. The van der Waals surface area contributed by atoms with E-state index in [1.807, 2.05) is 0 Å². The van der Waals surface area contributed by atoms with E-state index >= 15 is 0 Å². The Labute approximate surface area is 203 Å². The molecule has 2 amide bonds. The van der Waals surface area contributed by atoms with Crippen molar-refractivity contribution in [3.05, 3.63) is 52.5 Å².